The van der Waals surface area contributed by atoms with E-state index < -0.39 is 0 Å². The minimum Gasteiger partial charge on any atom is -0.331 e. The maximum Gasteiger partial charge on any atom is 0.319 e. The van der Waals surface area contributed by atoms with E-state index in [0.717, 1.165) is 31.0 Å². The van der Waals surface area contributed by atoms with Gasteiger partial charge in [-0.25, -0.2) is 4.79 Å². The Bertz CT molecular complexity index is 1060. The van der Waals surface area contributed by atoms with E-state index in [1.54, 1.807) is 60.5 Å². The van der Waals surface area contributed by atoms with Gasteiger partial charge in [0.2, 0.25) is 0 Å². The molecule has 0 unspecified atom stereocenters. The largest absolute Gasteiger partial charge is 0.331 e. The molecule has 3 aromatic rings. The molecule has 0 atom stereocenters. The number of nitrogens with one attached hydrogen (secondary N) is 2. The molecule has 0 radical (unpaired) electrons. The number of carbonyl (C=O) groups excluding carboxylic acids is 2. The first-order chi connectivity index (χ1) is 14.5. The van der Waals surface area contributed by atoms with E-state index in [-0.39, 0.29) is 11.9 Å². The fourth-order valence-electron chi connectivity index (χ4n) is 3.35. The number of amides is 3. The van der Waals surface area contributed by atoms with E-state index in [9.17, 15) is 9.59 Å². The number of aromatic nitrogens is 3. The lowest BCUT2D eigenvalue weighted by Crippen LogP contribution is -2.29. The van der Waals surface area contributed by atoms with Crippen LogP contribution >= 0.6 is 11.6 Å². The Morgan fingerprint density at radius 3 is 2.57 bits per heavy atom. The number of fused-ring (bicyclic) bond motifs is 1. The van der Waals surface area contributed by atoms with Crippen molar-refractivity contribution in [1.29, 1.82) is 0 Å². The lowest BCUT2D eigenvalue weighted by atomic mass is 10.2. The normalized spacial score (nSPS) is 12.3. The third-order valence-electron chi connectivity index (χ3n) is 5.00. The number of nitrogens with zero attached hydrogens (tertiary/aromatic N) is 4. The highest BCUT2D eigenvalue weighted by molar-refractivity contribution is 6.30. The minimum absolute atomic E-state index is 0.147. The van der Waals surface area contributed by atoms with Gasteiger partial charge >= 0.3 is 6.03 Å². The van der Waals surface area contributed by atoms with Gasteiger partial charge in [-0.2, -0.15) is 0 Å². The molecular formula is C21H21ClN6O2. The van der Waals surface area contributed by atoms with Crippen LogP contribution in [0.3, 0.4) is 0 Å². The van der Waals surface area contributed by atoms with E-state index in [0.29, 0.717) is 28.5 Å². The highest BCUT2D eigenvalue weighted by atomic mass is 35.5. The molecule has 9 heteroatoms. The first-order valence-electron chi connectivity index (χ1n) is 9.61. The summed E-state index contributed by atoms with van der Waals surface area (Å²) in [6.07, 6.45) is 1.99. The lowest BCUT2D eigenvalue weighted by molar-refractivity contribution is 0.0993. The van der Waals surface area contributed by atoms with Crippen molar-refractivity contribution in [3.63, 3.8) is 0 Å². The van der Waals surface area contributed by atoms with Crippen molar-refractivity contribution in [2.24, 2.45) is 0 Å². The van der Waals surface area contributed by atoms with Crippen LogP contribution in [0.15, 0.2) is 48.5 Å². The number of benzene rings is 2. The summed E-state index contributed by atoms with van der Waals surface area (Å²) < 4.78 is 2.04. The van der Waals surface area contributed by atoms with Crippen LogP contribution < -0.4 is 15.5 Å². The summed E-state index contributed by atoms with van der Waals surface area (Å²) in [5, 5.41) is 14.4. The number of aryl methyl sites for hydroxylation is 1. The van der Waals surface area contributed by atoms with Crippen LogP contribution in [0, 0.1) is 0 Å². The zero-order valence-corrected chi connectivity index (χ0v) is 17.2. The summed E-state index contributed by atoms with van der Waals surface area (Å²) in [6, 6.07) is 13.4. The Morgan fingerprint density at radius 1 is 1.10 bits per heavy atom. The van der Waals surface area contributed by atoms with Crippen LogP contribution in [0.25, 0.3) is 0 Å². The first-order valence-corrected chi connectivity index (χ1v) is 9.98. The Balaban J connectivity index is 1.33. The number of carbonyl (C=O) groups is 2. The van der Waals surface area contributed by atoms with Crippen LogP contribution in [-0.2, 0) is 19.5 Å². The molecule has 8 nitrogen and oxygen atoms in total. The highest BCUT2D eigenvalue weighted by Crippen LogP contribution is 2.20. The quantitative estimate of drug-likeness (QED) is 0.655. The number of rotatable bonds is 5. The number of hydrogen-bond donors (Lipinski definition) is 2. The second kappa shape index (κ2) is 8.54. The van der Waals surface area contributed by atoms with E-state index in [1.165, 1.54) is 0 Å². The van der Waals surface area contributed by atoms with Crippen LogP contribution in [0.1, 0.15) is 28.4 Å². The van der Waals surface area contributed by atoms with Crippen molar-refractivity contribution in [2.45, 2.75) is 25.9 Å². The molecule has 0 fully saturated rings. The van der Waals surface area contributed by atoms with E-state index >= 15 is 0 Å². The van der Waals surface area contributed by atoms with Crippen molar-refractivity contribution in [3.05, 3.63) is 70.8 Å². The molecule has 1 aliphatic rings. The SMILES string of the molecule is CN(C(=O)c1ccc(Cl)cc1)c1ccc(NC(=O)NCc2nnc3n2CCC3)cc1. The topological polar surface area (TPSA) is 92.2 Å². The van der Waals surface area contributed by atoms with Gasteiger partial charge in [-0.05, 0) is 55.0 Å². The van der Waals surface area contributed by atoms with Gasteiger partial charge < -0.3 is 20.1 Å². The molecule has 1 aromatic heterocycles. The van der Waals surface area contributed by atoms with Crippen LogP contribution in [0.2, 0.25) is 5.02 Å². The standard InChI is InChI=1S/C21H21ClN6O2/c1-27(20(29)14-4-6-15(22)7-5-14)17-10-8-16(9-11-17)24-21(30)23-13-19-26-25-18-3-2-12-28(18)19/h4-11H,2-3,12-13H2,1H3,(H2,23,24,30). The fraction of sp³-hybridized carbons (Fsp3) is 0.238. The van der Waals surface area contributed by atoms with E-state index in [1.807, 2.05) is 4.57 Å². The molecule has 1 aliphatic heterocycles. The molecule has 3 amide bonds. The molecule has 0 aliphatic carbocycles. The Labute approximate surface area is 178 Å². The van der Waals surface area contributed by atoms with E-state index in [2.05, 4.69) is 20.8 Å². The summed E-state index contributed by atoms with van der Waals surface area (Å²) in [6.45, 7) is 1.21. The third kappa shape index (κ3) is 4.28. The summed E-state index contributed by atoms with van der Waals surface area (Å²) in [5.41, 5.74) is 1.87. The average molecular weight is 425 g/mol. The zero-order chi connectivity index (χ0) is 21.1. The van der Waals surface area contributed by atoms with Gasteiger partial charge in [-0.15, -0.1) is 10.2 Å². The number of anilines is 2. The van der Waals surface area contributed by atoms with Gasteiger partial charge in [0.05, 0.1) is 6.54 Å². The maximum atomic E-state index is 12.6. The van der Waals surface area contributed by atoms with Gasteiger partial charge in [-0.1, -0.05) is 11.6 Å². The average Bonchev–Trinajstić information content (AvgIpc) is 3.37. The number of urea groups is 1. The predicted octanol–water partition coefficient (Wildman–Crippen LogP) is 3.48. The maximum absolute atomic E-state index is 12.6. The first kappa shape index (κ1) is 19.9. The number of hydrogen-bond acceptors (Lipinski definition) is 4. The molecule has 4 rings (SSSR count). The molecule has 0 bridgehead atoms. The van der Waals surface area contributed by atoms with Crippen molar-refractivity contribution < 1.29 is 9.59 Å². The highest BCUT2D eigenvalue weighted by Gasteiger charge is 2.17. The summed E-state index contributed by atoms with van der Waals surface area (Å²) in [4.78, 5) is 26.3. The van der Waals surface area contributed by atoms with Crippen molar-refractivity contribution >= 4 is 34.9 Å². The molecule has 154 valence electrons. The second-order valence-corrected chi connectivity index (χ2v) is 7.45. The molecule has 30 heavy (non-hydrogen) atoms. The summed E-state index contributed by atoms with van der Waals surface area (Å²) in [7, 11) is 1.70. The Kier molecular flexibility index (Phi) is 5.67. The van der Waals surface area contributed by atoms with E-state index in [4.69, 9.17) is 11.6 Å². The molecule has 0 saturated heterocycles. The smallest absolute Gasteiger partial charge is 0.319 e. The van der Waals surface area contributed by atoms with Gasteiger partial charge in [-0.3, -0.25) is 4.79 Å². The third-order valence-corrected chi connectivity index (χ3v) is 5.25. The van der Waals surface area contributed by atoms with Crippen molar-refractivity contribution in [1.82, 2.24) is 20.1 Å². The molecule has 0 saturated carbocycles. The molecule has 2 aromatic carbocycles. The summed E-state index contributed by atoms with van der Waals surface area (Å²) >= 11 is 5.88. The van der Waals surface area contributed by atoms with Crippen molar-refractivity contribution in [3.8, 4) is 0 Å². The van der Waals surface area contributed by atoms with Crippen LogP contribution in [-0.4, -0.2) is 33.8 Å². The molecule has 2 heterocycles. The molecule has 2 N–H and O–H groups in total. The molecular weight excluding hydrogens is 404 g/mol. The van der Waals surface area contributed by atoms with Crippen molar-refractivity contribution in [2.75, 3.05) is 17.3 Å². The van der Waals surface area contributed by atoms with Crippen LogP contribution in [0.4, 0.5) is 16.2 Å². The lowest BCUT2D eigenvalue weighted by Gasteiger charge is -2.18. The van der Waals surface area contributed by atoms with Gasteiger partial charge in [0.1, 0.15) is 5.82 Å². The Morgan fingerprint density at radius 2 is 1.83 bits per heavy atom. The van der Waals surface area contributed by atoms with Gasteiger partial charge in [0.15, 0.2) is 5.82 Å². The number of halogens is 1. The minimum atomic E-state index is -0.330. The monoisotopic (exact) mass is 424 g/mol. The molecule has 0 spiro atoms. The predicted molar refractivity (Wildman–Crippen MR) is 115 cm³/mol. The van der Waals surface area contributed by atoms with Gasteiger partial charge in [0.25, 0.3) is 5.91 Å². The zero-order valence-electron chi connectivity index (χ0n) is 16.4. The Hall–Kier alpha value is -3.39. The summed E-state index contributed by atoms with van der Waals surface area (Å²) in [5.74, 6) is 1.58. The van der Waals surface area contributed by atoms with Crippen LogP contribution in [0.5, 0.6) is 0 Å². The van der Waals surface area contributed by atoms with Gasteiger partial charge in [0, 0.05) is 42.0 Å². The second-order valence-electron chi connectivity index (χ2n) is 7.01. The fourth-order valence-corrected chi connectivity index (χ4v) is 3.47.